The van der Waals surface area contributed by atoms with Gasteiger partial charge in [-0.3, -0.25) is 14.5 Å². The van der Waals surface area contributed by atoms with Crippen LogP contribution < -0.4 is 9.64 Å². The number of benzene rings is 2. The molecular weight excluding hydrogens is 438 g/mol. The summed E-state index contributed by atoms with van der Waals surface area (Å²) < 4.78 is 10.8. The Hall–Kier alpha value is -4.10. The van der Waals surface area contributed by atoms with Crippen LogP contribution in [-0.4, -0.2) is 23.9 Å². The van der Waals surface area contributed by atoms with E-state index in [2.05, 4.69) is 0 Å². The largest absolute Gasteiger partial charge is 0.503 e. The average Bonchev–Trinajstić information content (AvgIpc) is 3.61. The number of para-hydroxylation sites is 1. The van der Waals surface area contributed by atoms with Gasteiger partial charge in [0, 0.05) is 11.3 Å². The topological polar surface area (TPSA) is 80.0 Å². The molecule has 0 radical (unpaired) electrons. The molecule has 1 unspecified atom stereocenters. The lowest BCUT2D eigenvalue weighted by molar-refractivity contribution is -0.117. The molecule has 0 bridgehead atoms. The number of aliphatic hydroxyl groups excluding tert-OH is 1. The third-order valence-corrected chi connectivity index (χ3v) is 6.31. The summed E-state index contributed by atoms with van der Waals surface area (Å²) >= 11 is 1.60. The van der Waals surface area contributed by atoms with Gasteiger partial charge in [-0.2, -0.15) is 11.3 Å². The summed E-state index contributed by atoms with van der Waals surface area (Å²) in [6.07, 6.45) is 1.38. The number of aliphatic hydroxyl groups is 1. The molecule has 3 heterocycles. The standard InChI is InChI=1S/C26H19NO5S/c1-31-20-6-3-2-5-19(20)23-22(24(28)21-7-4-13-32-21)25(29)26(30)27(23)18-10-8-16(9-11-18)17-12-14-33-15-17/h2-15,23,29H,1H3. The Morgan fingerprint density at radius 1 is 1.03 bits per heavy atom. The molecule has 0 aliphatic carbocycles. The van der Waals surface area contributed by atoms with Gasteiger partial charge in [0.1, 0.15) is 5.75 Å². The fourth-order valence-electron chi connectivity index (χ4n) is 4.07. The van der Waals surface area contributed by atoms with Gasteiger partial charge in [0.05, 0.1) is 25.0 Å². The molecule has 0 fully saturated rings. The van der Waals surface area contributed by atoms with Gasteiger partial charge in [0.15, 0.2) is 11.5 Å². The Balaban J connectivity index is 1.64. The van der Waals surface area contributed by atoms with Crippen LogP contribution in [0.2, 0.25) is 0 Å². The zero-order chi connectivity index (χ0) is 22.9. The Morgan fingerprint density at radius 3 is 2.48 bits per heavy atom. The maximum absolute atomic E-state index is 13.3. The van der Waals surface area contributed by atoms with Crippen LogP contribution in [0.25, 0.3) is 11.1 Å². The number of ketones is 1. The Labute approximate surface area is 194 Å². The quantitative estimate of drug-likeness (QED) is 0.370. The van der Waals surface area contributed by atoms with Crippen molar-refractivity contribution in [1.82, 2.24) is 0 Å². The number of rotatable bonds is 6. The van der Waals surface area contributed by atoms with Crippen LogP contribution in [0.5, 0.6) is 5.75 Å². The Kier molecular flexibility index (Phi) is 5.32. The van der Waals surface area contributed by atoms with Crippen LogP contribution in [0.1, 0.15) is 22.2 Å². The number of amides is 1. The lowest BCUT2D eigenvalue weighted by Crippen LogP contribution is -2.31. The molecule has 0 spiro atoms. The van der Waals surface area contributed by atoms with E-state index in [1.54, 1.807) is 53.8 Å². The fraction of sp³-hybridized carbons (Fsp3) is 0.0769. The number of furan rings is 1. The van der Waals surface area contributed by atoms with Crippen molar-refractivity contribution in [2.45, 2.75) is 6.04 Å². The monoisotopic (exact) mass is 457 g/mol. The van der Waals surface area contributed by atoms with Gasteiger partial charge in [-0.15, -0.1) is 0 Å². The predicted octanol–water partition coefficient (Wildman–Crippen LogP) is 5.80. The van der Waals surface area contributed by atoms with E-state index in [4.69, 9.17) is 9.15 Å². The van der Waals surface area contributed by atoms with Crippen molar-refractivity contribution in [3.05, 3.63) is 106 Å². The number of carbonyl (C=O) groups excluding carboxylic acids is 2. The van der Waals surface area contributed by atoms with E-state index in [1.807, 2.05) is 29.0 Å². The first-order valence-corrected chi connectivity index (χ1v) is 11.1. The second kappa shape index (κ2) is 8.44. The van der Waals surface area contributed by atoms with Crippen molar-refractivity contribution < 1.29 is 23.8 Å². The van der Waals surface area contributed by atoms with E-state index in [0.29, 0.717) is 17.0 Å². The van der Waals surface area contributed by atoms with Gasteiger partial charge in [-0.05, 0) is 58.3 Å². The van der Waals surface area contributed by atoms with Gasteiger partial charge >= 0.3 is 0 Å². The van der Waals surface area contributed by atoms with Crippen molar-refractivity contribution in [3.8, 4) is 16.9 Å². The molecule has 1 amide bonds. The van der Waals surface area contributed by atoms with E-state index in [1.165, 1.54) is 24.3 Å². The minimum absolute atomic E-state index is 0.0407. The lowest BCUT2D eigenvalue weighted by atomic mass is 9.94. The van der Waals surface area contributed by atoms with Gasteiger partial charge in [-0.25, -0.2) is 0 Å². The number of anilines is 1. The van der Waals surface area contributed by atoms with E-state index >= 15 is 0 Å². The van der Waals surface area contributed by atoms with Crippen LogP contribution in [0, 0.1) is 0 Å². The third kappa shape index (κ3) is 3.52. The number of hydrogen-bond acceptors (Lipinski definition) is 6. The number of methoxy groups -OCH3 is 1. The van der Waals surface area contributed by atoms with Crippen molar-refractivity contribution in [1.29, 1.82) is 0 Å². The van der Waals surface area contributed by atoms with Crippen molar-refractivity contribution in [2.24, 2.45) is 0 Å². The van der Waals surface area contributed by atoms with Gasteiger partial charge in [-0.1, -0.05) is 30.3 Å². The molecule has 6 nitrogen and oxygen atoms in total. The molecule has 4 aromatic rings. The minimum Gasteiger partial charge on any atom is -0.503 e. The molecule has 164 valence electrons. The normalized spacial score (nSPS) is 15.8. The number of thiophene rings is 1. The highest BCUT2D eigenvalue weighted by Crippen LogP contribution is 2.45. The molecular formula is C26H19NO5S. The highest BCUT2D eigenvalue weighted by molar-refractivity contribution is 7.08. The summed E-state index contributed by atoms with van der Waals surface area (Å²) in [5, 5.41) is 14.9. The van der Waals surface area contributed by atoms with E-state index in [9.17, 15) is 14.7 Å². The second-order valence-electron chi connectivity index (χ2n) is 7.45. The van der Waals surface area contributed by atoms with Crippen LogP contribution in [0.15, 0.2) is 99.5 Å². The molecule has 1 atom stereocenters. The number of hydrogen-bond donors (Lipinski definition) is 1. The summed E-state index contributed by atoms with van der Waals surface area (Å²) in [4.78, 5) is 28.0. The number of carbonyl (C=O) groups is 2. The van der Waals surface area contributed by atoms with Crippen LogP contribution in [0.3, 0.4) is 0 Å². The first-order chi connectivity index (χ1) is 16.1. The molecule has 1 aliphatic rings. The summed E-state index contributed by atoms with van der Waals surface area (Å²) in [5.41, 5.74) is 3.15. The lowest BCUT2D eigenvalue weighted by Gasteiger charge is -2.28. The molecule has 5 rings (SSSR count). The summed E-state index contributed by atoms with van der Waals surface area (Å²) in [7, 11) is 1.52. The molecule has 1 aliphatic heterocycles. The zero-order valence-corrected chi connectivity index (χ0v) is 18.4. The average molecular weight is 458 g/mol. The van der Waals surface area contributed by atoms with Gasteiger partial charge in [0.25, 0.3) is 5.91 Å². The first-order valence-electron chi connectivity index (χ1n) is 10.2. The number of nitrogens with zero attached hydrogens (tertiary/aromatic N) is 1. The van der Waals surface area contributed by atoms with Crippen LogP contribution in [-0.2, 0) is 4.79 Å². The van der Waals surface area contributed by atoms with Gasteiger partial charge in [0.2, 0.25) is 5.78 Å². The van der Waals surface area contributed by atoms with Crippen molar-refractivity contribution >= 4 is 28.7 Å². The molecule has 2 aromatic heterocycles. The fourth-order valence-corrected chi connectivity index (χ4v) is 4.74. The SMILES string of the molecule is COc1ccccc1C1C(C(=O)c2ccco2)=C(O)C(=O)N1c1ccc(-c2ccsc2)cc1. The molecule has 0 saturated carbocycles. The van der Waals surface area contributed by atoms with Crippen LogP contribution in [0.4, 0.5) is 5.69 Å². The predicted molar refractivity (Wildman–Crippen MR) is 126 cm³/mol. The molecule has 33 heavy (non-hydrogen) atoms. The highest BCUT2D eigenvalue weighted by Gasteiger charge is 2.46. The maximum atomic E-state index is 13.3. The minimum atomic E-state index is -0.891. The van der Waals surface area contributed by atoms with E-state index in [0.717, 1.165) is 11.1 Å². The summed E-state index contributed by atoms with van der Waals surface area (Å²) in [6.45, 7) is 0. The highest BCUT2D eigenvalue weighted by atomic mass is 32.1. The third-order valence-electron chi connectivity index (χ3n) is 5.63. The second-order valence-corrected chi connectivity index (χ2v) is 8.23. The smallest absolute Gasteiger partial charge is 0.294 e. The Morgan fingerprint density at radius 2 is 1.82 bits per heavy atom. The van der Waals surface area contributed by atoms with E-state index < -0.39 is 23.5 Å². The van der Waals surface area contributed by atoms with E-state index in [-0.39, 0.29) is 11.3 Å². The van der Waals surface area contributed by atoms with Crippen molar-refractivity contribution in [3.63, 3.8) is 0 Å². The summed E-state index contributed by atoms with van der Waals surface area (Å²) in [5.74, 6) is -1.29. The molecule has 2 aromatic carbocycles. The van der Waals surface area contributed by atoms with Gasteiger partial charge < -0.3 is 14.3 Å². The summed E-state index contributed by atoms with van der Waals surface area (Å²) in [6, 6.07) is 18.8. The maximum Gasteiger partial charge on any atom is 0.294 e. The van der Waals surface area contributed by atoms with Crippen LogP contribution >= 0.6 is 11.3 Å². The van der Waals surface area contributed by atoms with Crippen molar-refractivity contribution in [2.75, 3.05) is 12.0 Å². The number of Topliss-reactive ketones (excluding diaryl/α,β-unsaturated/α-hetero) is 1. The zero-order valence-electron chi connectivity index (χ0n) is 17.6. The molecule has 0 saturated heterocycles. The molecule has 1 N–H and O–H groups in total. The number of ether oxygens (including phenoxy) is 1. The molecule has 7 heteroatoms. The first kappa shape index (κ1) is 20.8. The Bertz CT molecular complexity index is 1340.